The van der Waals surface area contributed by atoms with Crippen molar-refractivity contribution in [1.29, 1.82) is 0 Å². The highest BCUT2D eigenvalue weighted by atomic mass is 16.2. The largest absolute Gasteiger partial charge is 0.289 e. The Morgan fingerprint density at radius 3 is 0.808 bits per heavy atom. The molecule has 0 saturated carbocycles. The van der Waals surface area contributed by atoms with Gasteiger partial charge in [-0.15, -0.1) is 0 Å². The number of benzene rings is 2. The molecular formula is C20H14N2O4. The first kappa shape index (κ1) is 17.0. The predicted octanol–water partition coefficient (Wildman–Crippen LogP) is 0.972. The van der Waals surface area contributed by atoms with Gasteiger partial charge in [0.15, 0.2) is 0 Å². The average Bonchev–Trinajstić information content (AvgIpc) is 3.20. The van der Waals surface area contributed by atoms with Gasteiger partial charge in [-0.25, -0.2) is 0 Å². The molecular weight excluding hydrogens is 332 g/mol. The Morgan fingerprint density at radius 2 is 0.654 bits per heavy atom. The summed E-state index contributed by atoms with van der Waals surface area (Å²) in [5.41, 5.74) is 0. The topological polar surface area (TPSA) is 92.3 Å². The molecule has 2 heterocycles. The summed E-state index contributed by atoms with van der Waals surface area (Å²) in [6.45, 7) is 0. The normalized spacial score (nSPS) is 14.8. The first-order valence-electron chi connectivity index (χ1n) is 7.79. The fraction of sp³-hybridized carbons (Fsp3) is 0. The number of nitrogens with one attached hydrogen (secondary N) is 2. The van der Waals surface area contributed by atoms with Crippen LogP contribution < -0.4 is 10.6 Å². The van der Waals surface area contributed by atoms with Gasteiger partial charge in [-0.3, -0.25) is 29.8 Å². The molecule has 2 aromatic carbocycles. The van der Waals surface area contributed by atoms with Crippen molar-refractivity contribution in [2.75, 3.05) is 0 Å². The number of fused-ring (bicyclic) bond motifs is 2. The molecule has 0 aromatic heterocycles. The molecule has 5 rings (SSSR count). The lowest BCUT2D eigenvalue weighted by atomic mass is 10.0. The number of hydrogen-bond donors (Lipinski definition) is 2. The van der Waals surface area contributed by atoms with Crippen LogP contribution >= 0.6 is 0 Å². The van der Waals surface area contributed by atoms with Gasteiger partial charge >= 0.3 is 0 Å². The molecule has 6 nitrogen and oxygen atoms in total. The van der Waals surface area contributed by atoms with E-state index in [1.54, 1.807) is 0 Å². The summed E-state index contributed by atoms with van der Waals surface area (Å²) in [5, 5.41) is 9.64. The highest BCUT2D eigenvalue weighted by Crippen LogP contribution is 2.11. The Morgan fingerprint density at radius 1 is 0.423 bits per heavy atom. The maximum atomic E-state index is 10.0. The summed E-state index contributed by atoms with van der Waals surface area (Å²) in [4.78, 5) is 40.1. The summed E-state index contributed by atoms with van der Waals surface area (Å²) in [7, 11) is 0. The van der Waals surface area contributed by atoms with Crippen LogP contribution in [0.1, 0.15) is 0 Å². The minimum Gasteiger partial charge on any atom is -0.289 e. The van der Waals surface area contributed by atoms with Gasteiger partial charge in [0.05, 0.1) is 0 Å². The van der Waals surface area contributed by atoms with Gasteiger partial charge in [0, 0.05) is 24.3 Å². The molecule has 0 fully saturated rings. The molecule has 0 saturated heterocycles. The zero-order chi connectivity index (χ0) is 18.5. The van der Waals surface area contributed by atoms with Crippen LogP contribution in [0.5, 0.6) is 0 Å². The molecule has 26 heavy (non-hydrogen) atoms. The Labute approximate surface area is 147 Å². The molecule has 3 aliphatic rings. The third-order valence-corrected chi connectivity index (χ3v) is 3.70. The first-order chi connectivity index (χ1) is 12.5. The number of carbonyl (C=O) groups excluding carboxylic acids is 4. The maximum Gasteiger partial charge on any atom is 0.250 e. The molecule has 0 atom stereocenters. The minimum absolute atomic E-state index is 0.329. The van der Waals surface area contributed by atoms with Crippen LogP contribution in [0.2, 0.25) is 0 Å². The maximum absolute atomic E-state index is 10.0. The van der Waals surface area contributed by atoms with Gasteiger partial charge < -0.3 is 0 Å². The molecule has 0 spiro atoms. The number of amides is 4. The monoisotopic (exact) mass is 346 g/mol. The van der Waals surface area contributed by atoms with E-state index < -0.39 is 0 Å². The minimum atomic E-state index is -0.329. The molecule has 2 aliphatic heterocycles. The van der Waals surface area contributed by atoms with Crippen LogP contribution in [0, 0.1) is 20.9 Å². The van der Waals surface area contributed by atoms with Crippen LogP contribution in [-0.2, 0) is 19.2 Å². The second-order valence-electron chi connectivity index (χ2n) is 5.46. The van der Waals surface area contributed by atoms with E-state index in [0.29, 0.717) is 0 Å². The molecule has 0 unspecified atom stereocenters. The zero-order valence-corrected chi connectivity index (χ0v) is 13.6. The van der Waals surface area contributed by atoms with Crippen molar-refractivity contribution in [3.05, 3.63) is 93.7 Å². The predicted molar refractivity (Wildman–Crippen MR) is 92.8 cm³/mol. The molecule has 6 heteroatoms. The summed E-state index contributed by atoms with van der Waals surface area (Å²) < 4.78 is 0. The second kappa shape index (κ2) is 7.40. The van der Waals surface area contributed by atoms with Crippen molar-refractivity contribution < 1.29 is 19.2 Å². The fourth-order valence-electron chi connectivity index (χ4n) is 2.56. The lowest BCUT2D eigenvalue weighted by molar-refractivity contribution is -0.125. The standard InChI is InChI=1S/C12H8.2C4H3NO2/c1-2-6-10-9(5-1)11-7-3-4-8-12(10)11;2*6-3-1-2-4(7)5-3/h1-8H;2*1-2H,(H,5,6,7). The van der Waals surface area contributed by atoms with Crippen molar-refractivity contribution in [3.8, 4) is 0 Å². The number of carbonyl (C=O) groups is 4. The quantitative estimate of drug-likeness (QED) is 0.593. The van der Waals surface area contributed by atoms with E-state index in [0.717, 1.165) is 0 Å². The van der Waals surface area contributed by atoms with Crippen molar-refractivity contribution in [2.24, 2.45) is 0 Å². The molecule has 2 aromatic rings. The van der Waals surface area contributed by atoms with Crippen LogP contribution in [0.3, 0.4) is 0 Å². The van der Waals surface area contributed by atoms with Gasteiger partial charge in [-0.1, -0.05) is 48.5 Å². The third kappa shape index (κ3) is 3.81. The Bertz CT molecular complexity index is 960. The molecule has 4 amide bonds. The van der Waals surface area contributed by atoms with Crippen molar-refractivity contribution >= 4 is 23.6 Å². The van der Waals surface area contributed by atoms with E-state index in [-0.39, 0.29) is 23.6 Å². The van der Waals surface area contributed by atoms with Gasteiger partial charge in [0.1, 0.15) is 0 Å². The summed E-state index contributed by atoms with van der Waals surface area (Å²) in [5.74, 6) is -1.31. The lowest BCUT2D eigenvalue weighted by Crippen LogP contribution is -2.19. The van der Waals surface area contributed by atoms with Crippen LogP contribution in [0.25, 0.3) is 0 Å². The first-order valence-corrected chi connectivity index (χ1v) is 7.79. The highest BCUT2D eigenvalue weighted by molar-refractivity contribution is 6.13. The Kier molecular flexibility index (Phi) is 4.85. The number of hydrogen-bond acceptors (Lipinski definition) is 4. The van der Waals surface area contributed by atoms with E-state index >= 15 is 0 Å². The summed E-state index contributed by atoms with van der Waals surface area (Å²) >= 11 is 0. The van der Waals surface area contributed by atoms with Crippen LogP contribution in [0.15, 0.2) is 72.8 Å². The molecule has 128 valence electrons. The summed E-state index contributed by atoms with van der Waals surface area (Å²) in [6, 6.07) is 17.1. The lowest BCUT2D eigenvalue weighted by Gasteiger charge is -2.02. The molecule has 0 radical (unpaired) electrons. The molecule has 2 N–H and O–H groups in total. The van der Waals surface area contributed by atoms with Gasteiger partial charge in [0.25, 0.3) is 23.6 Å². The Balaban J connectivity index is 0.000000122. The smallest absolute Gasteiger partial charge is 0.250 e. The zero-order valence-electron chi connectivity index (χ0n) is 13.6. The average molecular weight is 346 g/mol. The van der Waals surface area contributed by atoms with Gasteiger partial charge in [-0.2, -0.15) is 0 Å². The second-order valence-corrected chi connectivity index (χ2v) is 5.46. The van der Waals surface area contributed by atoms with E-state index in [2.05, 4.69) is 48.5 Å². The Hall–Kier alpha value is -3.80. The van der Waals surface area contributed by atoms with E-state index in [4.69, 9.17) is 0 Å². The molecule has 1 aliphatic carbocycles. The fourth-order valence-corrected chi connectivity index (χ4v) is 2.56. The van der Waals surface area contributed by atoms with Crippen molar-refractivity contribution in [3.63, 3.8) is 0 Å². The number of rotatable bonds is 0. The van der Waals surface area contributed by atoms with Crippen molar-refractivity contribution in [2.45, 2.75) is 0 Å². The van der Waals surface area contributed by atoms with E-state index in [1.165, 1.54) is 45.2 Å². The number of imide groups is 2. The van der Waals surface area contributed by atoms with Gasteiger partial charge in [0.2, 0.25) is 0 Å². The van der Waals surface area contributed by atoms with Crippen LogP contribution in [-0.4, -0.2) is 23.6 Å². The highest BCUT2D eigenvalue weighted by Gasteiger charge is 2.07. The summed E-state index contributed by atoms with van der Waals surface area (Å²) in [6.07, 6.45) is 4.79. The molecule has 0 bridgehead atoms. The third-order valence-electron chi connectivity index (χ3n) is 3.70. The van der Waals surface area contributed by atoms with Crippen molar-refractivity contribution in [1.82, 2.24) is 10.6 Å². The van der Waals surface area contributed by atoms with E-state index in [1.807, 2.05) is 10.6 Å². The van der Waals surface area contributed by atoms with Crippen LogP contribution in [0.4, 0.5) is 0 Å². The SMILES string of the molecule is O=C1C=CC(=O)N1.O=C1C=CC(=O)N1.c1ccc2c(c1)=c1ccccc1=2. The van der Waals surface area contributed by atoms with Gasteiger partial charge in [-0.05, 0) is 20.9 Å². The van der Waals surface area contributed by atoms with E-state index in [9.17, 15) is 19.2 Å².